The Labute approximate surface area is 124 Å². The standard InChI is InChI=1S/C14H21N3O2S/c1-10-5-6-12(16-15-10)20-11-7-8-17(9-11)13(18)19-14(2,3)4/h5-6,11H,7-9H2,1-4H3/t11-/m1/s1. The maximum atomic E-state index is 12.0. The molecule has 20 heavy (non-hydrogen) atoms. The minimum absolute atomic E-state index is 0.226. The Morgan fingerprint density at radius 3 is 2.75 bits per heavy atom. The van der Waals surface area contributed by atoms with Crippen molar-refractivity contribution < 1.29 is 9.53 Å². The maximum absolute atomic E-state index is 12.0. The number of carbonyl (C=O) groups is 1. The van der Waals surface area contributed by atoms with Gasteiger partial charge in [0.2, 0.25) is 0 Å². The first-order valence-electron chi connectivity index (χ1n) is 6.78. The van der Waals surface area contributed by atoms with E-state index in [0.29, 0.717) is 11.8 Å². The molecule has 1 amide bonds. The molecule has 1 atom stereocenters. The number of rotatable bonds is 2. The lowest BCUT2D eigenvalue weighted by atomic mass is 10.2. The van der Waals surface area contributed by atoms with Crippen molar-refractivity contribution in [3.63, 3.8) is 0 Å². The van der Waals surface area contributed by atoms with Crippen molar-refractivity contribution in [2.75, 3.05) is 13.1 Å². The smallest absolute Gasteiger partial charge is 0.410 e. The summed E-state index contributed by atoms with van der Waals surface area (Å²) in [6.45, 7) is 9.02. The molecule has 1 fully saturated rings. The summed E-state index contributed by atoms with van der Waals surface area (Å²) >= 11 is 1.68. The monoisotopic (exact) mass is 295 g/mol. The molecule has 0 unspecified atom stereocenters. The van der Waals surface area contributed by atoms with E-state index in [-0.39, 0.29) is 6.09 Å². The molecule has 0 bridgehead atoms. The van der Waals surface area contributed by atoms with Crippen LogP contribution >= 0.6 is 11.8 Å². The fourth-order valence-electron chi connectivity index (χ4n) is 1.94. The molecule has 1 aliphatic rings. The fraction of sp³-hybridized carbons (Fsp3) is 0.643. The van der Waals surface area contributed by atoms with Crippen molar-refractivity contribution >= 4 is 17.9 Å². The second-order valence-corrected chi connectivity index (χ2v) is 7.29. The molecule has 1 aromatic heterocycles. The Morgan fingerprint density at radius 1 is 1.40 bits per heavy atom. The summed E-state index contributed by atoms with van der Waals surface area (Å²) in [7, 11) is 0. The first kappa shape index (κ1) is 15.1. The van der Waals surface area contributed by atoms with Gasteiger partial charge in [-0.25, -0.2) is 4.79 Å². The highest BCUT2D eigenvalue weighted by molar-refractivity contribution is 7.99. The molecule has 0 N–H and O–H groups in total. The van der Waals surface area contributed by atoms with Gasteiger partial charge in [0.25, 0.3) is 0 Å². The predicted octanol–water partition coefficient (Wildman–Crippen LogP) is 2.89. The van der Waals surface area contributed by atoms with E-state index in [0.717, 1.165) is 23.7 Å². The molecular formula is C14H21N3O2S. The summed E-state index contributed by atoms with van der Waals surface area (Å²) in [5.41, 5.74) is 0.473. The van der Waals surface area contributed by atoms with Crippen LogP contribution in [0.1, 0.15) is 32.9 Å². The van der Waals surface area contributed by atoms with Crippen LogP contribution in [0.3, 0.4) is 0 Å². The van der Waals surface area contributed by atoms with E-state index in [1.54, 1.807) is 16.7 Å². The number of hydrogen-bond acceptors (Lipinski definition) is 5. The minimum atomic E-state index is -0.440. The van der Waals surface area contributed by atoms with Gasteiger partial charge >= 0.3 is 6.09 Å². The van der Waals surface area contributed by atoms with E-state index in [1.165, 1.54) is 0 Å². The second kappa shape index (κ2) is 5.99. The molecule has 2 heterocycles. The zero-order valence-corrected chi connectivity index (χ0v) is 13.2. The number of aryl methyl sites for hydroxylation is 1. The third kappa shape index (κ3) is 4.37. The quantitative estimate of drug-likeness (QED) is 0.839. The molecule has 0 saturated carbocycles. The summed E-state index contributed by atoms with van der Waals surface area (Å²) in [6.07, 6.45) is 0.731. The molecule has 2 rings (SSSR count). The zero-order chi connectivity index (χ0) is 14.8. The van der Waals surface area contributed by atoms with Crippen LogP contribution in [0.4, 0.5) is 4.79 Å². The third-order valence-electron chi connectivity index (χ3n) is 2.86. The van der Waals surface area contributed by atoms with Gasteiger partial charge in [-0.1, -0.05) is 11.8 Å². The number of carbonyl (C=O) groups excluding carboxylic acids is 1. The molecule has 110 valence electrons. The topological polar surface area (TPSA) is 55.3 Å². The number of ether oxygens (including phenoxy) is 1. The Balaban J connectivity index is 1.86. The number of hydrogen-bond donors (Lipinski definition) is 0. The number of nitrogens with zero attached hydrogens (tertiary/aromatic N) is 3. The Bertz CT molecular complexity index is 470. The normalized spacial score (nSPS) is 19.2. The van der Waals surface area contributed by atoms with Gasteiger partial charge in [-0.05, 0) is 46.2 Å². The van der Waals surface area contributed by atoms with Gasteiger partial charge < -0.3 is 9.64 Å². The Kier molecular flexibility index (Phi) is 4.52. The summed E-state index contributed by atoms with van der Waals surface area (Å²) < 4.78 is 5.39. The summed E-state index contributed by atoms with van der Waals surface area (Å²) in [5, 5.41) is 9.47. The molecule has 0 aliphatic carbocycles. The molecule has 5 nitrogen and oxygen atoms in total. The van der Waals surface area contributed by atoms with Crippen LogP contribution in [-0.2, 0) is 4.74 Å². The molecular weight excluding hydrogens is 274 g/mol. The number of likely N-dealkylation sites (tertiary alicyclic amines) is 1. The molecule has 6 heteroatoms. The first-order chi connectivity index (χ1) is 9.33. The SMILES string of the molecule is Cc1ccc(S[C@@H]2CCN(C(=O)OC(C)(C)C)C2)nn1. The zero-order valence-electron chi connectivity index (χ0n) is 12.4. The second-order valence-electron chi connectivity index (χ2n) is 5.97. The van der Waals surface area contributed by atoms with Crippen molar-refractivity contribution in [2.24, 2.45) is 0 Å². The van der Waals surface area contributed by atoms with Crippen molar-refractivity contribution in [2.45, 2.75) is 50.0 Å². The summed E-state index contributed by atoms with van der Waals surface area (Å²) in [4.78, 5) is 13.7. The molecule has 1 saturated heterocycles. The van der Waals surface area contributed by atoms with Crippen LogP contribution in [0.2, 0.25) is 0 Å². The van der Waals surface area contributed by atoms with Gasteiger partial charge in [-0.15, -0.1) is 5.10 Å². The van der Waals surface area contributed by atoms with Crippen LogP contribution in [0, 0.1) is 6.92 Å². The van der Waals surface area contributed by atoms with E-state index in [9.17, 15) is 4.79 Å². The number of aromatic nitrogens is 2. The molecule has 0 spiro atoms. The molecule has 0 radical (unpaired) electrons. The lowest BCUT2D eigenvalue weighted by Gasteiger charge is -2.24. The van der Waals surface area contributed by atoms with E-state index in [2.05, 4.69) is 10.2 Å². The Hall–Kier alpha value is -1.30. The lowest BCUT2D eigenvalue weighted by molar-refractivity contribution is 0.0295. The van der Waals surface area contributed by atoms with Gasteiger partial charge in [0.05, 0.1) is 5.69 Å². The van der Waals surface area contributed by atoms with Crippen LogP contribution < -0.4 is 0 Å². The molecule has 1 aromatic rings. The van der Waals surface area contributed by atoms with Crippen LogP contribution in [0.15, 0.2) is 17.2 Å². The fourth-order valence-corrected chi connectivity index (χ4v) is 2.99. The van der Waals surface area contributed by atoms with Gasteiger partial charge in [0, 0.05) is 18.3 Å². The van der Waals surface area contributed by atoms with E-state index in [1.807, 2.05) is 39.8 Å². The van der Waals surface area contributed by atoms with Crippen molar-refractivity contribution in [1.29, 1.82) is 0 Å². The minimum Gasteiger partial charge on any atom is -0.444 e. The number of thioether (sulfide) groups is 1. The third-order valence-corrected chi connectivity index (χ3v) is 4.03. The lowest BCUT2D eigenvalue weighted by Crippen LogP contribution is -2.35. The van der Waals surface area contributed by atoms with Gasteiger partial charge in [0.1, 0.15) is 10.6 Å². The van der Waals surface area contributed by atoms with Crippen LogP contribution in [-0.4, -0.2) is 45.1 Å². The van der Waals surface area contributed by atoms with Crippen molar-refractivity contribution in [3.05, 3.63) is 17.8 Å². The van der Waals surface area contributed by atoms with Crippen molar-refractivity contribution in [1.82, 2.24) is 15.1 Å². The first-order valence-corrected chi connectivity index (χ1v) is 7.66. The Morgan fingerprint density at radius 2 is 2.15 bits per heavy atom. The van der Waals surface area contributed by atoms with Gasteiger partial charge in [-0.2, -0.15) is 5.10 Å². The average Bonchev–Trinajstić information content (AvgIpc) is 2.79. The molecule has 0 aromatic carbocycles. The number of amides is 1. The van der Waals surface area contributed by atoms with E-state index < -0.39 is 5.60 Å². The average molecular weight is 295 g/mol. The van der Waals surface area contributed by atoms with Crippen LogP contribution in [0.5, 0.6) is 0 Å². The summed E-state index contributed by atoms with van der Waals surface area (Å²) in [6, 6.07) is 3.93. The maximum Gasteiger partial charge on any atom is 0.410 e. The van der Waals surface area contributed by atoms with Gasteiger partial charge in [0.15, 0.2) is 0 Å². The summed E-state index contributed by atoms with van der Waals surface area (Å²) in [5.74, 6) is 0. The van der Waals surface area contributed by atoms with Gasteiger partial charge in [-0.3, -0.25) is 0 Å². The highest BCUT2D eigenvalue weighted by Gasteiger charge is 2.30. The van der Waals surface area contributed by atoms with E-state index >= 15 is 0 Å². The van der Waals surface area contributed by atoms with Crippen LogP contribution in [0.25, 0.3) is 0 Å². The highest BCUT2D eigenvalue weighted by Crippen LogP contribution is 2.28. The predicted molar refractivity (Wildman–Crippen MR) is 78.8 cm³/mol. The molecule has 1 aliphatic heterocycles. The largest absolute Gasteiger partial charge is 0.444 e. The van der Waals surface area contributed by atoms with Crippen molar-refractivity contribution in [3.8, 4) is 0 Å². The van der Waals surface area contributed by atoms with E-state index in [4.69, 9.17) is 4.74 Å². The highest BCUT2D eigenvalue weighted by atomic mass is 32.2.